The van der Waals surface area contributed by atoms with Gasteiger partial charge in [0.1, 0.15) is 11.5 Å². The van der Waals surface area contributed by atoms with E-state index in [9.17, 15) is 10.4 Å². The largest absolute Gasteiger partial charge is 0.508 e. The lowest BCUT2D eigenvalue weighted by molar-refractivity contribution is 0.414. The topological polar surface area (TPSA) is 53.2 Å². The highest BCUT2D eigenvalue weighted by Gasteiger charge is 2.11. The van der Waals surface area contributed by atoms with Gasteiger partial charge in [-0.15, -0.1) is 0 Å². The van der Waals surface area contributed by atoms with E-state index in [1.807, 2.05) is 24.3 Å². The summed E-state index contributed by atoms with van der Waals surface area (Å²) in [5.41, 5.74) is 2.00. The number of hydrogen-bond donors (Lipinski definition) is 1. The summed E-state index contributed by atoms with van der Waals surface area (Å²) in [5, 5.41) is 18.5. The van der Waals surface area contributed by atoms with Crippen LogP contribution in [-0.4, -0.2) is 12.2 Å². The van der Waals surface area contributed by atoms with Crippen molar-refractivity contribution in [1.29, 1.82) is 5.26 Å². The molecule has 0 aliphatic heterocycles. The lowest BCUT2D eigenvalue weighted by atomic mass is 9.93. The third kappa shape index (κ3) is 3.26. The standard InChI is InChI=1S/C16H15NO2/c1-19-16-8-2-12(3-9-16)10-14(11-17)13-4-6-15(18)7-5-13/h2-9,14,18H,10H2,1H3. The summed E-state index contributed by atoms with van der Waals surface area (Å²) >= 11 is 0. The molecule has 2 aromatic carbocycles. The van der Waals surface area contributed by atoms with E-state index in [0.29, 0.717) is 6.42 Å². The zero-order valence-corrected chi connectivity index (χ0v) is 10.7. The van der Waals surface area contributed by atoms with Crippen LogP contribution in [0.5, 0.6) is 11.5 Å². The van der Waals surface area contributed by atoms with Gasteiger partial charge in [0.05, 0.1) is 19.1 Å². The van der Waals surface area contributed by atoms with Gasteiger partial charge in [-0.05, 0) is 41.8 Å². The first-order valence-electron chi connectivity index (χ1n) is 6.04. The predicted molar refractivity (Wildman–Crippen MR) is 73.2 cm³/mol. The molecule has 1 atom stereocenters. The van der Waals surface area contributed by atoms with Crippen LogP contribution < -0.4 is 4.74 Å². The molecular formula is C16H15NO2. The number of phenols is 1. The Hall–Kier alpha value is -2.47. The highest BCUT2D eigenvalue weighted by molar-refractivity contribution is 5.34. The minimum absolute atomic E-state index is 0.213. The fourth-order valence-electron chi connectivity index (χ4n) is 1.94. The Morgan fingerprint density at radius 2 is 1.74 bits per heavy atom. The molecule has 0 aliphatic carbocycles. The van der Waals surface area contributed by atoms with Gasteiger partial charge in [-0.1, -0.05) is 24.3 Å². The van der Waals surface area contributed by atoms with Crippen LogP contribution >= 0.6 is 0 Å². The number of nitrogens with zero attached hydrogens (tertiary/aromatic N) is 1. The average molecular weight is 253 g/mol. The number of aromatic hydroxyl groups is 1. The van der Waals surface area contributed by atoms with E-state index in [1.165, 1.54) is 0 Å². The minimum Gasteiger partial charge on any atom is -0.508 e. The first-order chi connectivity index (χ1) is 9.22. The van der Waals surface area contributed by atoms with Crippen LogP contribution in [0, 0.1) is 11.3 Å². The summed E-state index contributed by atoms with van der Waals surface area (Å²) in [7, 11) is 1.63. The van der Waals surface area contributed by atoms with Crippen molar-refractivity contribution in [2.24, 2.45) is 0 Å². The number of phenolic OH excluding ortho intramolecular Hbond substituents is 1. The number of methoxy groups -OCH3 is 1. The van der Waals surface area contributed by atoms with E-state index < -0.39 is 0 Å². The zero-order valence-electron chi connectivity index (χ0n) is 10.7. The molecule has 2 rings (SSSR count). The number of benzene rings is 2. The van der Waals surface area contributed by atoms with Crippen LogP contribution in [-0.2, 0) is 6.42 Å². The molecule has 0 aliphatic rings. The molecule has 0 fully saturated rings. The second-order valence-corrected chi connectivity index (χ2v) is 4.33. The fraction of sp³-hybridized carbons (Fsp3) is 0.188. The van der Waals surface area contributed by atoms with Crippen LogP contribution in [0.3, 0.4) is 0 Å². The highest BCUT2D eigenvalue weighted by atomic mass is 16.5. The number of hydrogen-bond acceptors (Lipinski definition) is 3. The SMILES string of the molecule is COc1ccc(CC(C#N)c2ccc(O)cc2)cc1. The van der Waals surface area contributed by atoms with Gasteiger partial charge >= 0.3 is 0 Å². The van der Waals surface area contributed by atoms with Gasteiger partial charge in [0.15, 0.2) is 0 Å². The summed E-state index contributed by atoms with van der Waals surface area (Å²) < 4.78 is 5.11. The lowest BCUT2D eigenvalue weighted by Gasteiger charge is -2.10. The van der Waals surface area contributed by atoms with Crippen molar-refractivity contribution in [1.82, 2.24) is 0 Å². The van der Waals surface area contributed by atoms with Crippen molar-refractivity contribution in [2.45, 2.75) is 12.3 Å². The van der Waals surface area contributed by atoms with E-state index >= 15 is 0 Å². The number of rotatable bonds is 4. The van der Waals surface area contributed by atoms with Gasteiger partial charge in [0, 0.05) is 0 Å². The van der Waals surface area contributed by atoms with E-state index in [-0.39, 0.29) is 11.7 Å². The average Bonchev–Trinajstić information content (AvgIpc) is 2.46. The van der Waals surface area contributed by atoms with Gasteiger partial charge in [0.25, 0.3) is 0 Å². The summed E-state index contributed by atoms with van der Waals surface area (Å²) in [6, 6.07) is 16.8. The molecule has 1 unspecified atom stereocenters. The zero-order chi connectivity index (χ0) is 13.7. The molecule has 3 heteroatoms. The van der Waals surface area contributed by atoms with Crippen LogP contribution in [0.25, 0.3) is 0 Å². The van der Waals surface area contributed by atoms with Gasteiger partial charge in [-0.3, -0.25) is 0 Å². The first-order valence-corrected chi connectivity index (χ1v) is 6.04. The molecule has 1 N–H and O–H groups in total. The molecule has 0 saturated heterocycles. The fourth-order valence-corrected chi connectivity index (χ4v) is 1.94. The second-order valence-electron chi connectivity index (χ2n) is 4.33. The molecular weight excluding hydrogens is 238 g/mol. The summed E-state index contributed by atoms with van der Waals surface area (Å²) in [6.07, 6.45) is 0.644. The molecule has 19 heavy (non-hydrogen) atoms. The van der Waals surface area contributed by atoms with E-state index in [0.717, 1.165) is 16.9 Å². The van der Waals surface area contributed by atoms with Crippen molar-refractivity contribution in [2.75, 3.05) is 7.11 Å². The van der Waals surface area contributed by atoms with Crippen molar-refractivity contribution in [3.05, 3.63) is 59.7 Å². The van der Waals surface area contributed by atoms with Crippen LogP contribution in [0.15, 0.2) is 48.5 Å². The highest BCUT2D eigenvalue weighted by Crippen LogP contribution is 2.23. The van der Waals surface area contributed by atoms with E-state index in [2.05, 4.69) is 6.07 Å². The summed E-state index contributed by atoms with van der Waals surface area (Å²) in [4.78, 5) is 0. The number of nitriles is 1. The molecule has 3 nitrogen and oxygen atoms in total. The predicted octanol–water partition coefficient (Wildman–Crippen LogP) is 3.25. The van der Waals surface area contributed by atoms with Crippen LogP contribution in [0.1, 0.15) is 17.0 Å². The summed E-state index contributed by atoms with van der Waals surface area (Å²) in [6.45, 7) is 0. The Kier molecular flexibility index (Phi) is 4.04. The van der Waals surface area contributed by atoms with Crippen molar-refractivity contribution >= 4 is 0 Å². The Bertz CT molecular complexity index is 567. The van der Waals surface area contributed by atoms with Gasteiger partial charge in [-0.25, -0.2) is 0 Å². The van der Waals surface area contributed by atoms with Gasteiger partial charge < -0.3 is 9.84 Å². The maximum absolute atomic E-state index is 9.27. The molecule has 0 spiro atoms. The van der Waals surface area contributed by atoms with Gasteiger partial charge in [0.2, 0.25) is 0 Å². The van der Waals surface area contributed by atoms with E-state index in [1.54, 1.807) is 31.4 Å². The first kappa shape index (κ1) is 13.0. The number of ether oxygens (including phenoxy) is 1. The second kappa shape index (κ2) is 5.92. The molecule has 0 heterocycles. The Labute approximate surface area is 112 Å². The molecule has 0 amide bonds. The third-order valence-electron chi connectivity index (χ3n) is 3.05. The van der Waals surface area contributed by atoms with Crippen molar-refractivity contribution in [3.8, 4) is 17.6 Å². The summed E-state index contributed by atoms with van der Waals surface area (Å²) in [5.74, 6) is 0.806. The maximum Gasteiger partial charge on any atom is 0.118 e. The Morgan fingerprint density at radius 3 is 2.26 bits per heavy atom. The van der Waals surface area contributed by atoms with E-state index in [4.69, 9.17) is 4.74 Å². The monoisotopic (exact) mass is 253 g/mol. The third-order valence-corrected chi connectivity index (χ3v) is 3.05. The molecule has 2 aromatic rings. The Balaban J connectivity index is 2.14. The smallest absolute Gasteiger partial charge is 0.118 e. The van der Waals surface area contributed by atoms with Gasteiger partial charge in [-0.2, -0.15) is 5.26 Å². The normalized spacial score (nSPS) is 11.6. The molecule has 0 saturated carbocycles. The maximum atomic E-state index is 9.27. The quantitative estimate of drug-likeness (QED) is 0.910. The molecule has 0 radical (unpaired) electrons. The van der Waals surface area contributed by atoms with Crippen LogP contribution in [0.2, 0.25) is 0 Å². The van der Waals surface area contributed by atoms with Crippen molar-refractivity contribution in [3.63, 3.8) is 0 Å². The van der Waals surface area contributed by atoms with Crippen LogP contribution in [0.4, 0.5) is 0 Å². The Morgan fingerprint density at radius 1 is 1.11 bits per heavy atom. The molecule has 96 valence electrons. The molecule has 0 aromatic heterocycles. The molecule has 0 bridgehead atoms. The minimum atomic E-state index is -0.214. The van der Waals surface area contributed by atoms with Crippen molar-refractivity contribution < 1.29 is 9.84 Å². The lowest BCUT2D eigenvalue weighted by Crippen LogP contribution is -2.00.